The number of hydrogen-bond donors (Lipinski definition) is 2. The highest BCUT2D eigenvalue weighted by atomic mass is 16.4. The van der Waals surface area contributed by atoms with Crippen molar-refractivity contribution in [2.45, 2.75) is 83.2 Å². The van der Waals surface area contributed by atoms with Crippen LogP contribution in [0, 0.1) is 11.8 Å². The summed E-state index contributed by atoms with van der Waals surface area (Å²) < 4.78 is 0. The molecule has 2 N–H and O–H groups in total. The lowest BCUT2D eigenvalue weighted by Crippen LogP contribution is -2.49. The van der Waals surface area contributed by atoms with Crippen LogP contribution in [0.1, 0.15) is 71.1 Å². The van der Waals surface area contributed by atoms with Crippen LogP contribution in [0.4, 0.5) is 4.79 Å². The summed E-state index contributed by atoms with van der Waals surface area (Å²) in [6.07, 6.45) is 10.5. The maximum absolute atomic E-state index is 12.5. The lowest BCUT2D eigenvalue weighted by Gasteiger charge is -2.37. The molecule has 3 aliphatic rings. The van der Waals surface area contributed by atoms with Crippen molar-refractivity contribution < 1.29 is 14.7 Å². The topological polar surface area (TPSA) is 72.9 Å². The predicted octanol–water partition coefficient (Wildman–Crippen LogP) is 3.32. The monoisotopic (exact) mass is 379 g/mol. The van der Waals surface area contributed by atoms with E-state index in [4.69, 9.17) is 5.11 Å². The number of likely N-dealkylation sites (tertiary alicyclic amines) is 2. The predicted molar refractivity (Wildman–Crippen MR) is 106 cm³/mol. The molecular formula is C21H37N3O3. The first-order valence-electron chi connectivity index (χ1n) is 11.0. The third kappa shape index (κ3) is 5.84. The van der Waals surface area contributed by atoms with Gasteiger partial charge in [0.1, 0.15) is 0 Å². The van der Waals surface area contributed by atoms with Gasteiger partial charge in [-0.05, 0) is 83.7 Å². The summed E-state index contributed by atoms with van der Waals surface area (Å²) in [6.45, 7) is 6.54. The molecule has 1 atom stereocenters. The van der Waals surface area contributed by atoms with Crippen molar-refractivity contribution in [3.05, 3.63) is 0 Å². The number of rotatable bonds is 5. The minimum Gasteiger partial charge on any atom is -0.481 e. The number of carboxylic acid groups (broad SMARTS) is 1. The van der Waals surface area contributed by atoms with Crippen molar-refractivity contribution in [3.63, 3.8) is 0 Å². The van der Waals surface area contributed by atoms with E-state index in [1.54, 1.807) is 0 Å². The van der Waals surface area contributed by atoms with Crippen LogP contribution in [-0.4, -0.2) is 65.2 Å². The van der Waals surface area contributed by atoms with Crippen LogP contribution < -0.4 is 5.32 Å². The van der Waals surface area contributed by atoms with Crippen LogP contribution in [0.25, 0.3) is 0 Å². The van der Waals surface area contributed by atoms with Crippen molar-refractivity contribution in [2.24, 2.45) is 11.8 Å². The molecule has 6 nitrogen and oxygen atoms in total. The summed E-state index contributed by atoms with van der Waals surface area (Å²) in [4.78, 5) is 28.2. The van der Waals surface area contributed by atoms with Crippen LogP contribution in [-0.2, 0) is 4.79 Å². The molecule has 2 heterocycles. The second kappa shape index (κ2) is 9.76. The van der Waals surface area contributed by atoms with Gasteiger partial charge in [0, 0.05) is 25.2 Å². The molecule has 0 aromatic rings. The molecule has 1 unspecified atom stereocenters. The van der Waals surface area contributed by atoms with Gasteiger partial charge >= 0.3 is 12.0 Å². The average Bonchev–Trinajstić information content (AvgIpc) is 2.68. The maximum Gasteiger partial charge on any atom is 0.317 e. The maximum atomic E-state index is 12.5. The van der Waals surface area contributed by atoms with Crippen molar-refractivity contribution in [1.82, 2.24) is 15.1 Å². The second-order valence-corrected chi connectivity index (χ2v) is 8.94. The first kappa shape index (κ1) is 20.4. The molecule has 1 aliphatic carbocycles. The SMILES string of the molecule is CC1CCCCN1CCC1CCN(C(=O)NC2CCC(C(=O)O)CC2)CC1. The van der Waals surface area contributed by atoms with Gasteiger partial charge in [-0.2, -0.15) is 0 Å². The summed E-state index contributed by atoms with van der Waals surface area (Å²) in [5, 5.41) is 12.2. The van der Waals surface area contributed by atoms with Gasteiger partial charge in [-0.3, -0.25) is 4.79 Å². The molecule has 0 radical (unpaired) electrons. The van der Waals surface area contributed by atoms with Crippen molar-refractivity contribution in [3.8, 4) is 0 Å². The van der Waals surface area contributed by atoms with Gasteiger partial charge in [-0.25, -0.2) is 4.79 Å². The summed E-state index contributed by atoms with van der Waals surface area (Å²) in [7, 11) is 0. The minimum absolute atomic E-state index is 0.0527. The molecular weight excluding hydrogens is 342 g/mol. The number of aliphatic carboxylic acids is 1. The fourth-order valence-electron chi connectivity index (χ4n) is 5.01. The first-order chi connectivity index (χ1) is 13.0. The Hall–Kier alpha value is -1.30. The number of nitrogens with zero attached hydrogens (tertiary/aromatic N) is 2. The molecule has 3 fully saturated rings. The van der Waals surface area contributed by atoms with Gasteiger partial charge in [0.2, 0.25) is 0 Å². The zero-order valence-electron chi connectivity index (χ0n) is 16.9. The van der Waals surface area contributed by atoms with Crippen LogP contribution in [0.5, 0.6) is 0 Å². The summed E-state index contributed by atoms with van der Waals surface area (Å²) in [5.74, 6) is -0.175. The van der Waals surface area contributed by atoms with Gasteiger partial charge in [0.15, 0.2) is 0 Å². The Morgan fingerprint density at radius 1 is 0.963 bits per heavy atom. The van der Waals surface area contributed by atoms with E-state index < -0.39 is 5.97 Å². The fourth-order valence-corrected chi connectivity index (χ4v) is 5.01. The van der Waals surface area contributed by atoms with E-state index in [1.165, 1.54) is 38.8 Å². The van der Waals surface area contributed by atoms with E-state index in [9.17, 15) is 9.59 Å². The quantitative estimate of drug-likeness (QED) is 0.769. The molecule has 0 aromatic carbocycles. The molecule has 6 heteroatoms. The van der Waals surface area contributed by atoms with Crippen molar-refractivity contribution in [1.29, 1.82) is 0 Å². The Morgan fingerprint density at radius 2 is 1.67 bits per heavy atom. The number of hydrogen-bond acceptors (Lipinski definition) is 3. The average molecular weight is 380 g/mol. The molecule has 2 aliphatic heterocycles. The highest BCUT2D eigenvalue weighted by Gasteiger charge is 2.29. The van der Waals surface area contributed by atoms with E-state index >= 15 is 0 Å². The van der Waals surface area contributed by atoms with Gasteiger partial charge < -0.3 is 20.2 Å². The van der Waals surface area contributed by atoms with Crippen LogP contribution >= 0.6 is 0 Å². The molecule has 0 bridgehead atoms. The third-order valence-corrected chi connectivity index (χ3v) is 7.07. The molecule has 27 heavy (non-hydrogen) atoms. The highest BCUT2D eigenvalue weighted by Crippen LogP contribution is 2.26. The zero-order chi connectivity index (χ0) is 19.2. The van der Waals surface area contributed by atoms with Gasteiger partial charge in [-0.1, -0.05) is 6.42 Å². The Morgan fingerprint density at radius 3 is 2.30 bits per heavy atom. The molecule has 1 saturated carbocycles. The van der Waals surface area contributed by atoms with E-state index in [0.717, 1.165) is 50.7 Å². The van der Waals surface area contributed by atoms with Crippen LogP contribution in [0.2, 0.25) is 0 Å². The normalized spacial score (nSPS) is 30.9. The van der Waals surface area contributed by atoms with Gasteiger partial charge in [0.25, 0.3) is 0 Å². The van der Waals surface area contributed by atoms with Gasteiger partial charge in [-0.15, -0.1) is 0 Å². The van der Waals surface area contributed by atoms with E-state index in [2.05, 4.69) is 17.1 Å². The standard InChI is InChI=1S/C21H37N3O3/c1-16-4-2-3-12-23(16)13-9-17-10-14-24(15-11-17)21(27)22-19-7-5-18(6-8-19)20(25)26/h16-19H,2-15H2,1H3,(H,22,27)(H,25,26). The lowest BCUT2D eigenvalue weighted by atomic mass is 9.86. The lowest BCUT2D eigenvalue weighted by molar-refractivity contribution is -0.142. The summed E-state index contributed by atoms with van der Waals surface area (Å²) in [6, 6.07) is 0.934. The molecule has 154 valence electrons. The highest BCUT2D eigenvalue weighted by molar-refractivity contribution is 5.74. The molecule has 2 amide bonds. The van der Waals surface area contributed by atoms with E-state index in [0.29, 0.717) is 12.8 Å². The zero-order valence-corrected chi connectivity index (χ0v) is 16.9. The Labute approximate surface area is 163 Å². The number of urea groups is 1. The number of piperidine rings is 2. The minimum atomic E-state index is -0.694. The number of nitrogens with one attached hydrogen (secondary N) is 1. The molecule has 3 rings (SSSR count). The third-order valence-electron chi connectivity index (χ3n) is 7.07. The van der Waals surface area contributed by atoms with Crippen molar-refractivity contribution >= 4 is 12.0 Å². The van der Waals surface area contributed by atoms with E-state index in [-0.39, 0.29) is 18.0 Å². The van der Waals surface area contributed by atoms with E-state index in [1.807, 2.05) is 4.90 Å². The van der Waals surface area contributed by atoms with Crippen LogP contribution in [0.15, 0.2) is 0 Å². The Kier molecular flexibility index (Phi) is 7.39. The second-order valence-electron chi connectivity index (χ2n) is 8.94. The largest absolute Gasteiger partial charge is 0.481 e. The molecule has 0 aromatic heterocycles. The van der Waals surface area contributed by atoms with Crippen molar-refractivity contribution in [2.75, 3.05) is 26.2 Å². The number of carboxylic acids is 1. The molecule has 0 spiro atoms. The Balaban J connectivity index is 1.33. The fraction of sp³-hybridized carbons (Fsp3) is 0.905. The summed E-state index contributed by atoms with van der Waals surface area (Å²) in [5.41, 5.74) is 0. The molecule has 2 saturated heterocycles. The van der Waals surface area contributed by atoms with Crippen LogP contribution in [0.3, 0.4) is 0 Å². The Bertz CT molecular complexity index is 497. The smallest absolute Gasteiger partial charge is 0.317 e. The first-order valence-corrected chi connectivity index (χ1v) is 11.0. The van der Waals surface area contributed by atoms with Gasteiger partial charge in [0.05, 0.1) is 5.92 Å². The number of carbonyl (C=O) groups excluding carboxylic acids is 1. The number of amides is 2. The number of carbonyl (C=O) groups is 2. The summed E-state index contributed by atoms with van der Waals surface area (Å²) >= 11 is 0.